The Labute approximate surface area is 140 Å². The molecular formula is C16H20ClN3O3. The van der Waals surface area contributed by atoms with Crippen molar-refractivity contribution in [1.82, 2.24) is 10.2 Å². The zero-order valence-corrected chi connectivity index (χ0v) is 13.8. The van der Waals surface area contributed by atoms with E-state index in [4.69, 9.17) is 16.3 Å². The molecule has 6 nitrogen and oxygen atoms in total. The van der Waals surface area contributed by atoms with E-state index in [-0.39, 0.29) is 11.8 Å². The minimum absolute atomic E-state index is 0.106. The third-order valence-electron chi connectivity index (χ3n) is 4.20. The van der Waals surface area contributed by atoms with Gasteiger partial charge < -0.3 is 15.0 Å². The molecule has 0 aromatic heterocycles. The van der Waals surface area contributed by atoms with Gasteiger partial charge in [-0.3, -0.25) is 14.5 Å². The summed E-state index contributed by atoms with van der Waals surface area (Å²) in [4.78, 5) is 28.1. The number of fused-ring (bicyclic) bond motifs is 1. The number of anilines is 1. The van der Waals surface area contributed by atoms with E-state index in [1.807, 2.05) is 6.07 Å². The van der Waals surface area contributed by atoms with E-state index in [1.54, 1.807) is 17.0 Å². The quantitative estimate of drug-likeness (QED) is 0.896. The highest BCUT2D eigenvalue weighted by Crippen LogP contribution is 2.37. The van der Waals surface area contributed by atoms with Gasteiger partial charge in [0, 0.05) is 49.4 Å². The molecule has 1 atom stereocenters. The van der Waals surface area contributed by atoms with Gasteiger partial charge in [0.15, 0.2) is 0 Å². The van der Waals surface area contributed by atoms with E-state index in [2.05, 4.69) is 10.2 Å². The molecule has 1 aromatic rings. The molecule has 2 aliphatic rings. The molecule has 2 aliphatic heterocycles. The summed E-state index contributed by atoms with van der Waals surface area (Å²) in [6, 6.07) is 4.72. The molecule has 3 rings (SSSR count). The van der Waals surface area contributed by atoms with Gasteiger partial charge in [0.05, 0.1) is 13.2 Å². The Morgan fingerprint density at radius 1 is 1.35 bits per heavy atom. The third-order valence-corrected chi connectivity index (χ3v) is 4.43. The summed E-state index contributed by atoms with van der Waals surface area (Å²) >= 11 is 6.05. The first-order chi connectivity index (χ1) is 11.1. The van der Waals surface area contributed by atoms with Gasteiger partial charge in [0.2, 0.25) is 5.91 Å². The summed E-state index contributed by atoms with van der Waals surface area (Å²) in [7, 11) is 0. The average molecular weight is 338 g/mol. The molecule has 1 saturated heterocycles. The Hall–Kier alpha value is -1.63. The van der Waals surface area contributed by atoms with Crippen LogP contribution in [0.5, 0.6) is 0 Å². The highest BCUT2D eigenvalue weighted by atomic mass is 35.5. The second-order valence-electron chi connectivity index (χ2n) is 5.78. The molecule has 7 heteroatoms. The summed E-state index contributed by atoms with van der Waals surface area (Å²) in [5, 5.41) is 3.28. The largest absolute Gasteiger partial charge is 0.379 e. The van der Waals surface area contributed by atoms with Crippen molar-refractivity contribution in [3.8, 4) is 0 Å². The van der Waals surface area contributed by atoms with Crippen LogP contribution >= 0.6 is 11.6 Å². The lowest BCUT2D eigenvalue weighted by molar-refractivity contribution is -0.126. The average Bonchev–Trinajstić information content (AvgIpc) is 2.78. The van der Waals surface area contributed by atoms with Crippen molar-refractivity contribution in [3.05, 3.63) is 28.8 Å². The van der Waals surface area contributed by atoms with E-state index < -0.39 is 6.04 Å². The van der Waals surface area contributed by atoms with Crippen molar-refractivity contribution in [1.29, 1.82) is 0 Å². The molecule has 0 spiro atoms. The zero-order valence-electron chi connectivity index (χ0n) is 13.0. The number of amides is 2. The van der Waals surface area contributed by atoms with Gasteiger partial charge in [0.1, 0.15) is 6.04 Å². The lowest BCUT2D eigenvalue weighted by Crippen LogP contribution is -2.43. The summed E-state index contributed by atoms with van der Waals surface area (Å²) in [6.07, 6.45) is 0. The van der Waals surface area contributed by atoms with E-state index in [9.17, 15) is 9.59 Å². The van der Waals surface area contributed by atoms with Crippen LogP contribution in [-0.4, -0.2) is 56.1 Å². The first-order valence-corrected chi connectivity index (χ1v) is 8.12. The van der Waals surface area contributed by atoms with Crippen molar-refractivity contribution < 1.29 is 14.3 Å². The second kappa shape index (κ2) is 6.86. The van der Waals surface area contributed by atoms with Crippen LogP contribution in [0.15, 0.2) is 18.2 Å². The van der Waals surface area contributed by atoms with E-state index in [1.165, 1.54) is 6.92 Å². The van der Waals surface area contributed by atoms with E-state index >= 15 is 0 Å². The fourth-order valence-corrected chi connectivity index (χ4v) is 3.23. The van der Waals surface area contributed by atoms with Gasteiger partial charge in [-0.1, -0.05) is 11.6 Å². The number of nitrogens with zero attached hydrogens (tertiary/aromatic N) is 2. The Morgan fingerprint density at radius 2 is 2.09 bits per heavy atom. The maximum Gasteiger partial charge on any atom is 0.254 e. The number of benzene rings is 1. The number of rotatable bonds is 4. The SMILES string of the molecule is CC(=O)N[C@H]1C(=O)N(CCN2CCOCC2)c2ccc(Cl)cc21. The smallest absolute Gasteiger partial charge is 0.254 e. The molecule has 0 radical (unpaired) electrons. The number of hydrogen-bond donors (Lipinski definition) is 1. The van der Waals surface area contributed by atoms with Crippen LogP contribution in [0.25, 0.3) is 0 Å². The fraction of sp³-hybridized carbons (Fsp3) is 0.500. The Bertz CT molecular complexity index is 617. The molecule has 1 fully saturated rings. The molecule has 1 N–H and O–H groups in total. The van der Waals surface area contributed by atoms with Crippen LogP contribution in [-0.2, 0) is 14.3 Å². The third kappa shape index (κ3) is 3.49. The van der Waals surface area contributed by atoms with Crippen LogP contribution in [0.3, 0.4) is 0 Å². The Balaban J connectivity index is 1.77. The van der Waals surface area contributed by atoms with Gasteiger partial charge >= 0.3 is 0 Å². The standard InChI is InChI=1S/C16H20ClN3O3/c1-11(21)18-15-13-10-12(17)2-3-14(13)20(16(15)22)5-4-19-6-8-23-9-7-19/h2-3,10,15H,4-9H2,1H3,(H,18,21)/t15-/m1/s1. The number of ether oxygens (including phenoxy) is 1. The predicted molar refractivity (Wildman–Crippen MR) is 87.6 cm³/mol. The number of carbonyl (C=O) groups excluding carboxylic acids is 2. The van der Waals surface area contributed by atoms with Crippen LogP contribution in [0.2, 0.25) is 5.02 Å². The molecule has 1 aromatic carbocycles. The Morgan fingerprint density at radius 3 is 2.78 bits per heavy atom. The van der Waals surface area contributed by atoms with Gasteiger partial charge in [0.25, 0.3) is 5.91 Å². The normalized spacial score (nSPS) is 21.4. The first kappa shape index (κ1) is 16.2. The molecule has 0 bridgehead atoms. The monoisotopic (exact) mass is 337 g/mol. The van der Waals surface area contributed by atoms with Crippen molar-refractivity contribution >= 4 is 29.1 Å². The van der Waals surface area contributed by atoms with E-state index in [0.717, 1.165) is 44.1 Å². The number of halogens is 1. The zero-order chi connectivity index (χ0) is 16.4. The van der Waals surface area contributed by atoms with Gasteiger partial charge in [-0.05, 0) is 18.2 Å². The van der Waals surface area contributed by atoms with Gasteiger partial charge in [-0.15, -0.1) is 0 Å². The highest BCUT2D eigenvalue weighted by molar-refractivity contribution is 6.31. The molecule has 0 saturated carbocycles. The topological polar surface area (TPSA) is 61.9 Å². The maximum absolute atomic E-state index is 12.7. The summed E-state index contributed by atoms with van der Waals surface area (Å²) < 4.78 is 5.34. The van der Waals surface area contributed by atoms with Gasteiger partial charge in [-0.25, -0.2) is 0 Å². The van der Waals surface area contributed by atoms with Crippen LogP contribution in [0, 0.1) is 0 Å². The molecule has 0 aliphatic carbocycles. The lowest BCUT2D eigenvalue weighted by Gasteiger charge is -2.28. The maximum atomic E-state index is 12.7. The summed E-state index contributed by atoms with van der Waals surface area (Å²) in [5.74, 6) is -0.338. The molecule has 0 unspecified atom stereocenters. The molecular weight excluding hydrogens is 318 g/mol. The van der Waals surface area contributed by atoms with Crippen molar-refractivity contribution in [2.45, 2.75) is 13.0 Å². The van der Waals surface area contributed by atoms with Crippen molar-refractivity contribution in [2.75, 3.05) is 44.3 Å². The van der Waals surface area contributed by atoms with Crippen LogP contribution < -0.4 is 10.2 Å². The lowest BCUT2D eigenvalue weighted by atomic mass is 10.1. The van der Waals surface area contributed by atoms with E-state index in [0.29, 0.717) is 11.6 Å². The molecule has 2 heterocycles. The number of morpholine rings is 1. The minimum Gasteiger partial charge on any atom is -0.379 e. The number of nitrogens with one attached hydrogen (secondary N) is 1. The molecule has 124 valence electrons. The number of hydrogen-bond acceptors (Lipinski definition) is 4. The molecule has 23 heavy (non-hydrogen) atoms. The fourth-order valence-electron chi connectivity index (χ4n) is 3.05. The minimum atomic E-state index is -0.647. The Kier molecular flexibility index (Phi) is 4.84. The first-order valence-electron chi connectivity index (χ1n) is 7.74. The number of carbonyl (C=O) groups is 2. The predicted octanol–water partition coefficient (Wildman–Crippen LogP) is 1.20. The molecule has 2 amide bonds. The highest BCUT2D eigenvalue weighted by Gasteiger charge is 2.37. The summed E-state index contributed by atoms with van der Waals surface area (Å²) in [6.45, 7) is 6.00. The van der Waals surface area contributed by atoms with Crippen LogP contribution in [0.1, 0.15) is 18.5 Å². The van der Waals surface area contributed by atoms with Gasteiger partial charge in [-0.2, -0.15) is 0 Å². The second-order valence-corrected chi connectivity index (χ2v) is 6.22. The van der Waals surface area contributed by atoms with Crippen LogP contribution in [0.4, 0.5) is 5.69 Å². The van der Waals surface area contributed by atoms with Crippen molar-refractivity contribution in [2.24, 2.45) is 0 Å². The summed E-state index contributed by atoms with van der Waals surface area (Å²) in [5.41, 5.74) is 1.59. The van der Waals surface area contributed by atoms with Crippen molar-refractivity contribution in [3.63, 3.8) is 0 Å².